The Bertz CT molecular complexity index is 730. The highest BCUT2D eigenvalue weighted by molar-refractivity contribution is 5.78. The number of alkyl halides is 3. The number of likely N-dealkylation sites (tertiary alicyclic amines) is 1. The van der Waals surface area contributed by atoms with Gasteiger partial charge in [-0.1, -0.05) is 13.8 Å². The van der Waals surface area contributed by atoms with Crippen molar-refractivity contribution in [2.75, 3.05) is 13.1 Å². The van der Waals surface area contributed by atoms with Crippen molar-refractivity contribution in [3.8, 4) is 0 Å². The van der Waals surface area contributed by atoms with Crippen molar-refractivity contribution < 1.29 is 22.4 Å². The second kappa shape index (κ2) is 7.97. The van der Waals surface area contributed by atoms with Gasteiger partial charge in [0.05, 0.1) is 6.54 Å². The maximum absolute atomic E-state index is 12.8. The molecule has 3 saturated heterocycles. The first-order valence-electron chi connectivity index (χ1n) is 10.9. The van der Waals surface area contributed by atoms with Gasteiger partial charge in [-0.05, 0) is 62.0 Å². The lowest BCUT2D eigenvalue weighted by Crippen LogP contribution is -2.64. The zero-order valence-corrected chi connectivity index (χ0v) is 17.3. The zero-order chi connectivity index (χ0) is 20.8. The van der Waals surface area contributed by atoms with Crippen molar-refractivity contribution >= 4 is 5.91 Å². The fourth-order valence-electron chi connectivity index (χ4n) is 5.71. The van der Waals surface area contributed by atoms with Gasteiger partial charge in [-0.2, -0.15) is 13.2 Å². The second-order valence-corrected chi connectivity index (χ2v) is 9.51. The SMILES string of the molecule is CC(C)CC[C@H]1[C@H]2C[C@H](CN(Cc3ccc(C(F)(F)F)o3)C2)[C@@H]2CCCC(=O)N21. The molecule has 162 valence electrons. The second-order valence-electron chi connectivity index (χ2n) is 9.51. The monoisotopic (exact) mass is 412 g/mol. The number of rotatable bonds is 5. The number of amides is 1. The lowest BCUT2D eigenvalue weighted by molar-refractivity contribution is -0.154. The van der Waals surface area contributed by atoms with E-state index in [9.17, 15) is 18.0 Å². The number of piperidine rings is 3. The number of halogens is 3. The molecule has 4 heterocycles. The molecule has 3 aliphatic heterocycles. The molecule has 4 nitrogen and oxygen atoms in total. The molecule has 1 amide bonds. The largest absolute Gasteiger partial charge is 0.455 e. The van der Waals surface area contributed by atoms with Crippen LogP contribution >= 0.6 is 0 Å². The third kappa shape index (κ3) is 4.35. The zero-order valence-electron chi connectivity index (χ0n) is 17.3. The predicted octanol–water partition coefficient (Wildman–Crippen LogP) is 4.94. The molecular formula is C22H31F3N2O2. The van der Waals surface area contributed by atoms with E-state index >= 15 is 0 Å². The Kier molecular flexibility index (Phi) is 5.70. The first kappa shape index (κ1) is 20.8. The fraction of sp³-hybridized carbons (Fsp3) is 0.773. The van der Waals surface area contributed by atoms with E-state index in [-0.39, 0.29) is 12.1 Å². The molecule has 0 radical (unpaired) electrons. The van der Waals surface area contributed by atoms with Crippen molar-refractivity contribution in [3.05, 3.63) is 23.7 Å². The Morgan fingerprint density at radius 3 is 2.66 bits per heavy atom. The molecule has 0 aliphatic carbocycles. The molecular weight excluding hydrogens is 381 g/mol. The normalized spacial score (nSPS) is 30.7. The van der Waals surface area contributed by atoms with Gasteiger partial charge in [0.15, 0.2) is 0 Å². The van der Waals surface area contributed by atoms with Crippen molar-refractivity contribution in [1.82, 2.24) is 9.80 Å². The molecule has 4 rings (SSSR count). The minimum Gasteiger partial charge on any atom is -0.455 e. The minimum absolute atomic E-state index is 0.261. The number of nitrogens with zero attached hydrogens (tertiary/aromatic N) is 2. The molecule has 4 atom stereocenters. The van der Waals surface area contributed by atoms with E-state index in [1.54, 1.807) is 0 Å². The molecule has 1 aromatic heterocycles. The molecule has 7 heteroatoms. The van der Waals surface area contributed by atoms with Crippen LogP contribution in [0, 0.1) is 17.8 Å². The Hall–Kier alpha value is -1.50. The van der Waals surface area contributed by atoms with Gasteiger partial charge < -0.3 is 9.32 Å². The van der Waals surface area contributed by atoms with E-state index < -0.39 is 11.9 Å². The van der Waals surface area contributed by atoms with Crippen molar-refractivity contribution in [1.29, 1.82) is 0 Å². The summed E-state index contributed by atoms with van der Waals surface area (Å²) in [4.78, 5) is 17.2. The summed E-state index contributed by atoms with van der Waals surface area (Å²) in [5.74, 6) is 1.14. The third-order valence-electron chi connectivity index (χ3n) is 6.93. The Balaban J connectivity index is 1.50. The van der Waals surface area contributed by atoms with Crippen LogP contribution in [0.15, 0.2) is 16.5 Å². The van der Waals surface area contributed by atoms with E-state index in [2.05, 4.69) is 23.6 Å². The minimum atomic E-state index is -4.44. The van der Waals surface area contributed by atoms with Gasteiger partial charge in [0.2, 0.25) is 11.7 Å². The summed E-state index contributed by atoms with van der Waals surface area (Å²) in [6.07, 6.45) is 1.45. The van der Waals surface area contributed by atoms with Crippen LogP contribution in [0.3, 0.4) is 0 Å². The maximum atomic E-state index is 12.8. The van der Waals surface area contributed by atoms with Crippen LogP contribution in [-0.2, 0) is 17.5 Å². The summed E-state index contributed by atoms with van der Waals surface area (Å²) in [5, 5.41) is 0. The van der Waals surface area contributed by atoms with Crippen LogP contribution in [0.25, 0.3) is 0 Å². The molecule has 0 aromatic carbocycles. The van der Waals surface area contributed by atoms with E-state index in [4.69, 9.17) is 4.42 Å². The van der Waals surface area contributed by atoms with Gasteiger partial charge in [-0.3, -0.25) is 9.69 Å². The van der Waals surface area contributed by atoms with E-state index in [0.717, 1.165) is 51.3 Å². The van der Waals surface area contributed by atoms with Crippen molar-refractivity contribution in [2.45, 2.75) is 77.2 Å². The molecule has 3 aliphatic rings. The van der Waals surface area contributed by atoms with Crippen molar-refractivity contribution in [3.63, 3.8) is 0 Å². The summed E-state index contributed by atoms with van der Waals surface area (Å²) in [6.45, 7) is 6.47. The smallest absolute Gasteiger partial charge is 0.449 e. The van der Waals surface area contributed by atoms with Crippen LogP contribution < -0.4 is 0 Å². The van der Waals surface area contributed by atoms with E-state index in [1.165, 1.54) is 6.07 Å². The molecule has 29 heavy (non-hydrogen) atoms. The van der Waals surface area contributed by atoms with Crippen LogP contribution in [0.4, 0.5) is 13.2 Å². The van der Waals surface area contributed by atoms with Crippen LogP contribution in [0.1, 0.15) is 63.9 Å². The Morgan fingerprint density at radius 2 is 1.97 bits per heavy atom. The maximum Gasteiger partial charge on any atom is 0.449 e. The van der Waals surface area contributed by atoms with Gasteiger partial charge in [0, 0.05) is 31.6 Å². The standard InChI is InChI=1S/C22H31F3N2O2/c1-14(2)6-8-19-16-10-15(18-4-3-5-21(28)27(18)19)11-26(12-16)13-17-7-9-20(29-17)22(23,24)25/h7,9,14-16,18-19H,3-6,8,10-13H2,1-2H3/t15-,16+,18+,19+/m1/s1. The highest BCUT2D eigenvalue weighted by Crippen LogP contribution is 2.43. The van der Waals surface area contributed by atoms with Crippen LogP contribution in [0.5, 0.6) is 0 Å². The van der Waals surface area contributed by atoms with Gasteiger partial charge in [-0.25, -0.2) is 0 Å². The molecule has 2 bridgehead atoms. The molecule has 1 aromatic rings. The molecule has 0 N–H and O–H groups in total. The first-order valence-corrected chi connectivity index (χ1v) is 10.9. The lowest BCUT2D eigenvalue weighted by Gasteiger charge is -2.57. The molecule has 3 fully saturated rings. The highest BCUT2D eigenvalue weighted by Gasteiger charge is 2.49. The fourth-order valence-corrected chi connectivity index (χ4v) is 5.71. The summed E-state index contributed by atoms with van der Waals surface area (Å²) in [7, 11) is 0. The number of fused-ring (bicyclic) bond motifs is 4. The quantitative estimate of drug-likeness (QED) is 0.688. The van der Waals surface area contributed by atoms with E-state index in [1.807, 2.05) is 0 Å². The summed E-state index contributed by atoms with van der Waals surface area (Å²) in [6, 6.07) is 3.01. The van der Waals surface area contributed by atoms with Crippen LogP contribution in [-0.4, -0.2) is 40.9 Å². The van der Waals surface area contributed by atoms with E-state index in [0.29, 0.717) is 42.4 Å². The molecule has 0 spiro atoms. The predicted molar refractivity (Wildman–Crippen MR) is 103 cm³/mol. The number of carbonyl (C=O) groups is 1. The Morgan fingerprint density at radius 1 is 1.21 bits per heavy atom. The number of furan rings is 1. The summed E-state index contributed by atoms with van der Waals surface area (Å²) in [5.41, 5.74) is 0. The first-order chi connectivity index (χ1) is 13.7. The van der Waals surface area contributed by atoms with Gasteiger partial charge in [0.1, 0.15) is 5.76 Å². The number of hydrogen-bond donors (Lipinski definition) is 0. The third-order valence-corrected chi connectivity index (χ3v) is 6.93. The summed E-state index contributed by atoms with van der Waals surface area (Å²) >= 11 is 0. The van der Waals surface area contributed by atoms with Crippen molar-refractivity contribution in [2.24, 2.45) is 17.8 Å². The van der Waals surface area contributed by atoms with Gasteiger partial charge >= 0.3 is 6.18 Å². The summed E-state index contributed by atoms with van der Waals surface area (Å²) < 4.78 is 43.6. The topological polar surface area (TPSA) is 36.7 Å². The van der Waals surface area contributed by atoms with Gasteiger partial charge in [-0.15, -0.1) is 0 Å². The average molecular weight is 412 g/mol. The van der Waals surface area contributed by atoms with Gasteiger partial charge in [0.25, 0.3) is 0 Å². The Labute approximate surface area is 170 Å². The lowest BCUT2D eigenvalue weighted by atomic mass is 9.71. The average Bonchev–Trinajstić information content (AvgIpc) is 3.11. The highest BCUT2D eigenvalue weighted by atomic mass is 19.4. The molecule has 0 saturated carbocycles. The molecule has 0 unspecified atom stereocenters. The number of hydrogen-bond acceptors (Lipinski definition) is 3. The number of carbonyl (C=O) groups excluding carboxylic acids is 1. The van der Waals surface area contributed by atoms with Crippen LogP contribution in [0.2, 0.25) is 0 Å².